The number of nitrogens with zero attached hydrogens (tertiary/aromatic N) is 2. The maximum absolute atomic E-state index is 14.0. The van der Waals surface area contributed by atoms with Crippen molar-refractivity contribution in [2.75, 3.05) is 6.54 Å². The van der Waals surface area contributed by atoms with Crippen molar-refractivity contribution in [1.29, 1.82) is 0 Å². The van der Waals surface area contributed by atoms with E-state index < -0.39 is 12.1 Å². The van der Waals surface area contributed by atoms with Crippen LogP contribution in [0.3, 0.4) is 0 Å². The lowest BCUT2D eigenvalue weighted by Gasteiger charge is -2.41. The molecule has 3 atom stereocenters. The molecule has 7 nitrogen and oxygen atoms in total. The molecule has 1 aliphatic heterocycles. The second-order valence-electron chi connectivity index (χ2n) is 13.7. The van der Waals surface area contributed by atoms with Crippen molar-refractivity contribution >= 4 is 17.2 Å². The number of hydrogen-bond acceptors (Lipinski definition) is 7. The largest absolute Gasteiger partial charge is 0.487 e. The van der Waals surface area contributed by atoms with Crippen molar-refractivity contribution in [1.82, 2.24) is 20.6 Å². The molecule has 3 N–H and O–H groups in total. The molecule has 4 aromatic rings. The quantitative estimate of drug-likeness (QED) is 0.155. The van der Waals surface area contributed by atoms with E-state index in [2.05, 4.69) is 52.9 Å². The van der Waals surface area contributed by atoms with E-state index in [9.17, 15) is 9.90 Å². The molecule has 1 spiro atoms. The fraction of sp³-hybridized carbons (Fsp3) is 0.462. The number of rotatable bonds is 11. The minimum absolute atomic E-state index is 0.0705. The molecule has 2 aromatic carbocycles. The maximum atomic E-state index is 14.0. The van der Waals surface area contributed by atoms with Crippen molar-refractivity contribution in [3.63, 3.8) is 0 Å². The lowest BCUT2D eigenvalue weighted by molar-refractivity contribution is 0.0326. The average Bonchev–Trinajstić information content (AvgIpc) is 3.91. The van der Waals surface area contributed by atoms with E-state index in [4.69, 9.17) is 9.72 Å². The number of aryl methyl sites for hydroxylation is 1. The molecule has 2 saturated carbocycles. The van der Waals surface area contributed by atoms with Gasteiger partial charge in [0.2, 0.25) is 0 Å². The van der Waals surface area contributed by atoms with Crippen molar-refractivity contribution in [3.8, 4) is 16.5 Å². The fourth-order valence-electron chi connectivity index (χ4n) is 7.83. The van der Waals surface area contributed by atoms with Crippen LogP contribution in [0.25, 0.3) is 10.7 Å². The Kier molecular flexibility index (Phi) is 9.70. The number of carbonyl (C=O) groups excluding carboxylic acids is 1. The highest BCUT2D eigenvalue weighted by Gasteiger charge is 2.43. The van der Waals surface area contributed by atoms with Gasteiger partial charge in [-0.2, -0.15) is 0 Å². The number of thiazole rings is 1. The highest BCUT2D eigenvalue weighted by atomic mass is 32.1. The van der Waals surface area contributed by atoms with Gasteiger partial charge >= 0.3 is 0 Å². The normalized spacial score (nSPS) is 20.1. The van der Waals surface area contributed by atoms with Crippen LogP contribution in [0.1, 0.15) is 109 Å². The van der Waals surface area contributed by atoms with Crippen LogP contribution in [-0.4, -0.2) is 45.3 Å². The number of aliphatic hydroxyl groups is 1. The van der Waals surface area contributed by atoms with Gasteiger partial charge in [-0.1, -0.05) is 62.2 Å². The first kappa shape index (κ1) is 32.0. The number of carbonyl (C=O) groups is 1. The summed E-state index contributed by atoms with van der Waals surface area (Å²) in [5.74, 6) is 1.12. The zero-order valence-corrected chi connectivity index (χ0v) is 28.1. The minimum Gasteiger partial charge on any atom is -0.487 e. The van der Waals surface area contributed by atoms with Crippen LogP contribution < -0.4 is 15.4 Å². The zero-order chi connectivity index (χ0) is 32.2. The molecule has 2 aromatic heterocycles. The molecule has 1 amide bonds. The van der Waals surface area contributed by atoms with Crippen LogP contribution in [0.15, 0.2) is 72.2 Å². The van der Waals surface area contributed by atoms with Crippen molar-refractivity contribution in [3.05, 3.63) is 100 Å². The first-order valence-corrected chi connectivity index (χ1v) is 18.4. The number of amides is 1. The molecule has 2 fully saturated rings. The Hall–Kier alpha value is -3.59. The standard InChI is InChI=1S/C39H46N4O3S/c1-2-26-14-15-36-30(20-26)34(24-39(46-36)16-8-9-17-39)41-25-35(44)32(21-27-10-4-3-5-11-27)43-37(45)29-22-31(28-12-6-7-13-28)42-33(23-29)38-40-18-19-47-38/h3-5,10-11,14-15,18-20,22-23,28,32,34-35,41,44H,2,6-9,12-13,16-17,21,24-25H2,1H3,(H,43,45)/t32-,34-,35+/m0/s1. The minimum atomic E-state index is -0.811. The molecule has 3 aliphatic rings. The zero-order valence-electron chi connectivity index (χ0n) is 27.3. The SMILES string of the molecule is CCc1ccc2c(c1)[C@@H](NC[C@@H](O)[C@H](Cc1ccccc1)NC(=O)c1cc(-c3nccs3)nc(C3CCCC3)c1)CC1(CCCC1)O2. The van der Waals surface area contributed by atoms with Crippen LogP contribution in [0.5, 0.6) is 5.75 Å². The van der Waals surface area contributed by atoms with Gasteiger partial charge in [-0.05, 0) is 80.7 Å². The maximum Gasteiger partial charge on any atom is 0.251 e. The number of aromatic nitrogens is 2. The first-order chi connectivity index (χ1) is 23.0. The predicted octanol–water partition coefficient (Wildman–Crippen LogP) is 7.55. The molecule has 2 aliphatic carbocycles. The van der Waals surface area contributed by atoms with Gasteiger partial charge in [0, 0.05) is 53.3 Å². The highest BCUT2D eigenvalue weighted by Crippen LogP contribution is 2.47. The van der Waals surface area contributed by atoms with Gasteiger partial charge < -0.3 is 20.5 Å². The van der Waals surface area contributed by atoms with Crippen LogP contribution in [0.4, 0.5) is 0 Å². The Morgan fingerprint density at radius 1 is 1.04 bits per heavy atom. The van der Waals surface area contributed by atoms with Crippen LogP contribution in [0.2, 0.25) is 0 Å². The third kappa shape index (κ3) is 7.30. The highest BCUT2D eigenvalue weighted by molar-refractivity contribution is 7.13. The Bertz CT molecular complexity index is 1650. The second-order valence-corrected chi connectivity index (χ2v) is 14.6. The molecular formula is C39H46N4O3S. The van der Waals surface area contributed by atoms with Crippen molar-refractivity contribution < 1.29 is 14.6 Å². The molecule has 0 radical (unpaired) electrons. The summed E-state index contributed by atoms with van der Waals surface area (Å²) >= 11 is 1.53. The van der Waals surface area contributed by atoms with E-state index in [0.717, 1.165) is 66.2 Å². The Morgan fingerprint density at radius 3 is 2.60 bits per heavy atom. The van der Waals surface area contributed by atoms with Crippen LogP contribution in [0, 0.1) is 0 Å². The van der Waals surface area contributed by atoms with Gasteiger partial charge in [0.15, 0.2) is 0 Å². The van der Waals surface area contributed by atoms with E-state index in [-0.39, 0.29) is 17.6 Å². The van der Waals surface area contributed by atoms with Gasteiger partial charge in [0.25, 0.3) is 5.91 Å². The summed E-state index contributed by atoms with van der Waals surface area (Å²) in [6.45, 7) is 2.52. The smallest absolute Gasteiger partial charge is 0.251 e. The van der Waals surface area contributed by atoms with Crippen LogP contribution >= 0.6 is 11.3 Å². The van der Waals surface area contributed by atoms with E-state index in [1.807, 2.05) is 35.7 Å². The van der Waals surface area contributed by atoms with E-state index in [1.165, 1.54) is 48.1 Å². The monoisotopic (exact) mass is 650 g/mol. The molecular weight excluding hydrogens is 605 g/mol. The molecule has 8 heteroatoms. The Morgan fingerprint density at radius 2 is 1.85 bits per heavy atom. The summed E-state index contributed by atoms with van der Waals surface area (Å²) < 4.78 is 6.66. The molecule has 246 valence electrons. The summed E-state index contributed by atoms with van der Waals surface area (Å²) in [4.78, 5) is 23.5. The first-order valence-electron chi connectivity index (χ1n) is 17.5. The summed E-state index contributed by atoms with van der Waals surface area (Å²) in [5, 5.41) is 21.5. The van der Waals surface area contributed by atoms with Crippen molar-refractivity contribution in [2.45, 2.75) is 107 Å². The lowest BCUT2D eigenvalue weighted by Crippen LogP contribution is -2.50. The molecule has 3 heterocycles. The number of nitrogens with one attached hydrogen (secondary N) is 2. The molecule has 0 bridgehead atoms. The van der Waals surface area contributed by atoms with Gasteiger partial charge in [0.1, 0.15) is 16.4 Å². The Balaban J connectivity index is 1.13. The van der Waals surface area contributed by atoms with Crippen LogP contribution in [-0.2, 0) is 12.8 Å². The fourth-order valence-corrected chi connectivity index (χ4v) is 8.43. The number of ether oxygens (including phenoxy) is 1. The third-order valence-electron chi connectivity index (χ3n) is 10.5. The van der Waals surface area contributed by atoms with E-state index in [1.54, 1.807) is 6.20 Å². The second kappa shape index (κ2) is 14.3. The summed E-state index contributed by atoms with van der Waals surface area (Å²) in [6, 6.07) is 20.0. The number of hydrogen-bond donors (Lipinski definition) is 3. The van der Waals surface area contributed by atoms with E-state index in [0.29, 0.717) is 24.4 Å². The average molecular weight is 651 g/mol. The third-order valence-corrected chi connectivity index (χ3v) is 11.3. The predicted molar refractivity (Wildman–Crippen MR) is 187 cm³/mol. The Labute approximate surface area is 282 Å². The number of pyridine rings is 1. The van der Waals surface area contributed by atoms with E-state index >= 15 is 0 Å². The summed E-state index contributed by atoms with van der Waals surface area (Å²) in [7, 11) is 0. The number of aliphatic hydroxyl groups excluding tert-OH is 1. The summed E-state index contributed by atoms with van der Waals surface area (Å²) in [5.41, 5.74) is 5.64. The van der Waals surface area contributed by atoms with Gasteiger partial charge in [-0.15, -0.1) is 11.3 Å². The lowest BCUT2D eigenvalue weighted by atomic mass is 9.85. The molecule has 47 heavy (non-hydrogen) atoms. The van der Waals surface area contributed by atoms with Gasteiger partial charge in [-0.3, -0.25) is 4.79 Å². The molecule has 0 unspecified atom stereocenters. The van der Waals surface area contributed by atoms with Gasteiger partial charge in [0.05, 0.1) is 17.8 Å². The summed E-state index contributed by atoms with van der Waals surface area (Å²) in [6.07, 6.45) is 12.4. The number of fused-ring (bicyclic) bond motifs is 1. The molecule has 0 saturated heterocycles. The number of benzene rings is 2. The van der Waals surface area contributed by atoms with Gasteiger partial charge in [-0.25, -0.2) is 9.97 Å². The molecule has 7 rings (SSSR count). The topological polar surface area (TPSA) is 96.4 Å². The van der Waals surface area contributed by atoms with Crippen molar-refractivity contribution in [2.24, 2.45) is 0 Å².